The van der Waals surface area contributed by atoms with Crippen LogP contribution in [0.2, 0.25) is 0 Å². The molecule has 2 aliphatic rings. The zero-order valence-electron chi connectivity index (χ0n) is 15.4. The van der Waals surface area contributed by atoms with Crippen LogP contribution in [0, 0.1) is 5.92 Å². The zero-order chi connectivity index (χ0) is 18.4. The molecule has 2 heterocycles. The first-order valence-corrected chi connectivity index (χ1v) is 9.40. The number of benzene rings is 1. The monoisotopic (exact) mass is 496 g/mol. The predicted molar refractivity (Wildman–Crippen MR) is 114 cm³/mol. The van der Waals surface area contributed by atoms with Gasteiger partial charge in [-0.2, -0.15) is 13.2 Å². The number of aliphatic imine (C=N–C) groups is 1. The molecule has 8 heteroatoms. The lowest BCUT2D eigenvalue weighted by Gasteiger charge is -2.30. The fraction of sp³-hybridized carbons (Fsp3) is 0.632. The van der Waals surface area contributed by atoms with Gasteiger partial charge in [0.05, 0.1) is 6.54 Å². The first-order valence-electron chi connectivity index (χ1n) is 9.40. The van der Waals surface area contributed by atoms with Crippen molar-refractivity contribution in [1.82, 2.24) is 9.80 Å². The van der Waals surface area contributed by atoms with Crippen LogP contribution in [-0.2, 0) is 0 Å². The standard InChI is InChI=1S/C19H27F3N4.HI/c20-19(21,22)15-25-12-9-16(14-25)13-23-18(26-10-5-2-6-11-26)24-17-7-3-1-4-8-17;/h1,3-4,7-8,16H,2,5-6,9-15H2,(H,23,24);1H. The third-order valence-electron chi connectivity index (χ3n) is 4.96. The van der Waals surface area contributed by atoms with Crippen LogP contribution < -0.4 is 5.32 Å². The van der Waals surface area contributed by atoms with E-state index in [9.17, 15) is 13.2 Å². The smallest absolute Gasteiger partial charge is 0.343 e. The summed E-state index contributed by atoms with van der Waals surface area (Å²) >= 11 is 0. The Bertz CT molecular complexity index is 588. The Morgan fingerprint density at radius 3 is 2.44 bits per heavy atom. The van der Waals surface area contributed by atoms with E-state index >= 15 is 0 Å². The van der Waals surface area contributed by atoms with Crippen molar-refractivity contribution in [2.45, 2.75) is 31.9 Å². The molecule has 0 aliphatic carbocycles. The number of halogens is 4. The molecule has 4 nitrogen and oxygen atoms in total. The molecule has 1 aromatic rings. The summed E-state index contributed by atoms with van der Waals surface area (Å²) in [5.74, 6) is 1.04. The number of nitrogens with zero attached hydrogens (tertiary/aromatic N) is 3. The van der Waals surface area contributed by atoms with Crippen LogP contribution in [0.25, 0.3) is 0 Å². The highest BCUT2D eigenvalue weighted by molar-refractivity contribution is 14.0. The molecule has 1 aromatic carbocycles. The molecule has 0 radical (unpaired) electrons. The lowest BCUT2D eigenvalue weighted by atomic mass is 10.1. The fourth-order valence-electron chi connectivity index (χ4n) is 3.65. The molecule has 0 saturated carbocycles. The predicted octanol–water partition coefficient (Wildman–Crippen LogP) is 4.44. The van der Waals surface area contributed by atoms with Crippen LogP contribution >= 0.6 is 24.0 Å². The van der Waals surface area contributed by atoms with E-state index in [2.05, 4.69) is 10.2 Å². The molecule has 152 valence electrons. The van der Waals surface area contributed by atoms with Gasteiger partial charge in [0.15, 0.2) is 5.96 Å². The number of rotatable bonds is 4. The van der Waals surface area contributed by atoms with Crippen LogP contribution in [0.4, 0.5) is 18.9 Å². The van der Waals surface area contributed by atoms with E-state index in [1.54, 1.807) is 0 Å². The quantitative estimate of drug-likeness (QED) is 0.380. The Labute approximate surface area is 176 Å². The average Bonchev–Trinajstić information content (AvgIpc) is 3.05. The summed E-state index contributed by atoms with van der Waals surface area (Å²) in [5.41, 5.74) is 0.988. The molecule has 2 saturated heterocycles. The molecule has 3 rings (SSSR count). The van der Waals surface area contributed by atoms with Gasteiger partial charge in [0, 0.05) is 31.9 Å². The van der Waals surface area contributed by atoms with Gasteiger partial charge in [0.25, 0.3) is 0 Å². The summed E-state index contributed by atoms with van der Waals surface area (Å²) in [6.45, 7) is 2.69. The van der Waals surface area contributed by atoms with E-state index in [0.29, 0.717) is 19.6 Å². The van der Waals surface area contributed by atoms with E-state index < -0.39 is 12.7 Å². The molecule has 1 atom stereocenters. The third-order valence-corrected chi connectivity index (χ3v) is 4.96. The van der Waals surface area contributed by atoms with Crippen molar-refractivity contribution in [2.24, 2.45) is 10.9 Å². The molecular weight excluding hydrogens is 468 g/mol. The molecule has 1 unspecified atom stereocenters. The van der Waals surface area contributed by atoms with Gasteiger partial charge in [-0.3, -0.25) is 9.89 Å². The van der Waals surface area contributed by atoms with E-state index in [1.165, 1.54) is 11.3 Å². The summed E-state index contributed by atoms with van der Waals surface area (Å²) in [7, 11) is 0. The SMILES string of the molecule is FC(F)(F)CN1CCC(CN=C(Nc2ccccc2)N2CCCCC2)C1.I. The largest absolute Gasteiger partial charge is 0.401 e. The van der Waals surface area contributed by atoms with Crippen LogP contribution in [0.5, 0.6) is 0 Å². The lowest BCUT2D eigenvalue weighted by Crippen LogP contribution is -2.40. The minimum Gasteiger partial charge on any atom is -0.343 e. The molecule has 27 heavy (non-hydrogen) atoms. The Balaban J connectivity index is 0.00000261. The molecule has 0 bridgehead atoms. The maximum atomic E-state index is 12.5. The lowest BCUT2D eigenvalue weighted by molar-refractivity contribution is -0.143. The van der Waals surface area contributed by atoms with Gasteiger partial charge in [0.2, 0.25) is 0 Å². The van der Waals surface area contributed by atoms with E-state index in [1.807, 2.05) is 30.3 Å². The van der Waals surface area contributed by atoms with Crippen LogP contribution in [-0.4, -0.2) is 61.2 Å². The van der Waals surface area contributed by atoms with Crippen LogP contribution in [0.15, 0.2) is 35.3 Å². The summed E-state index contributed by atoms with van der Waals surface area (Å²) in [6, 6.07) is 9.92. The summed E-state index contributed by atoms with van der Waals surface area (Å²) in [6.07, 6.45) is 0.199. The number of guanidine groups is 1. The number of alkyl halides is 3. The van der Waals surface area contributed by atoms with Gasteiger partial charge in [-0.1, -0.05) is 18.2 Å². The number of hydrogen-bond acceptors (Lipinski definition) is 2. The van der Waals surface area contributed by atoms with Gasteiger partial charge < -0.3 is 10.2 Å². The van der Waals surface area contributed by atoms with Crippen molar-refractivity contribution in [3.8, 4) is 0 Å². The highest BCUT2D eigenvalue weighted by Gasteiger charge is 2.34. The second kappa shape index (κ2) is 10.5. The number of anilines is 1. The molecule has 1 N–H and O–H groups in total. The molecule has 2 fully saturated rings. The molecule has 0 amide bonds. The second-order valence-electron chi connectivity index (χ2n) is 7.21. The van der Waals surface area contributed by atoms with Crippen molar-refractivity contribution in [2.75, 3.05) is 44.6 Å². The first-order chi connectivity index (χ1) is 12.5. The Morgan fingerprint density at radius 2 is 1.78 bits per heavy atom. The Morgan fingerprint density at radius 1 is 1.07 bits per heavy atom. The van der Waals surface area contributed by atoms with E-state index in [4.69, 9.17) is 4.99 Å². The molecule has 0 aromatic heterocycles. The van der Waals surface area contributed by atoms with E-state index in [-0.39, 0.29) is 29.9 Å². The summed E-state index contributed by atoms with van der Waals surface area (Å²) in [5, 5.41) is 3.40. The zero-order valence-corrected chi connectivity index (χ0v) is 17.7. The highest BCUT2D eigenvalue weighted by Crippen LogP contribution is 2.23. The topological polar surface area (TPSA) is 30.9 Å². The van der Waals surface area contributed by atoms with Crippen LogP contribution in [0.3, 0.4) is 0 Å². The Hall–Kier alpha value is -1.03. The highest BCUT2D eigenvalue weighted by atomic mass is 127. The minimum atomic E-state index is -4.12. The van der Waals surface area contributed by atoms with Crippen molar-refractivity contribution in [3.05, 3.63) is 30.3 Å². The normalized spacial score (nSPS) is 21.8. The maximum Gasteiger partial charge on any atom is 0.401 e. The summed E-state index contributed by atoms with van der Waals surface area (Å²) in [4.78, 5) is 8.53. The molecule has 2 aliphatic heterocycles. The fourth-order valence-corrected chi connectivity index (χ4v) is 3.65. The Kier molecular flexibility index (Phi) is 8.65. The number of piperidine rings is 1. The maximum absolute atomic E-state index is 12.5. The second-order valence-corrected chi connectivity index (χ2v) is 7.21. The van der Waals surface area contributed by atoms with Gasteiger partial charge in [-0.05, 0) is 50.3 Å². The van der Waals surface area contributed by atoms with Crippen LogP contribution in [0.1, 0.15) is 25.7 Å². The van der Waals surface area contributed by atoms with Gasteiger partial charge in [0.1, 0.15) is 0 Å². The van der Waals surface area contributed by atoms with Crippen molar-refractivity contribution in [3.63, 3.8) is 0 Å². The number of likely N-dealkylation sites (tertiary alicyclic amines) is 2. The number of hydrogen-bond donors (Lipinski definition) is 1. The van der Waals surface area contributed by atoms with Gasteiger partial charge in [-0.25, -0.2) is 0 Å². The summed E-state index contributed by atoms with van der Waals surface area (Å²) < 4.78 is 37.6. The molecular formula is C19H28F3IN4. The van der Waals surface area contributed by atoms with Crippen molar-refractivity contribution < 1.29 is 13.2 Å². The van der Waals surface area contributed by atoms with Gasteiger partial charge >= 0.3 is 6.18 Å². The van der Waals surface area contributed by atoms with Crippen molar-refractivity contribution >= 4 is 35.6 Å². The number of nitrogens with one attached hydrogen (secondary N) is 1. The van der Waals surface area contributed by atoms with Crippen molar-refractivity contribution in [1.29, 1.82) is 0 Å². The first kappa shape index (κ1) is 22.3. The number of para-hydroxylation sites is 1. The third kappa shape index (κ3) is 7.48. The minimum absolute atomic E-state index is 0. The molecule has 0 spiro atoms. The van der Waals surface area contributed by atoms with Gasteiger partial charge in [-0.15, -0.1) is 24.0 Å². The van der Waals surface area contributed by atoms with E-state index in [0.717, 1.165) is 44.0 Å². The average molecular weight is 496 g/mol.